The molecule has 1 aliphatic heterocycles. The maximum Gasteiger partial charge on any atom is 0.237 e. The summed E-state index contributed by atoms with van der Waals surface area (Å²) in [7, 11) is 0. The van der Waals surface area contributed by atoms with E-state index in [0.717, 1.165) is 11.4 Å². The Morgan fingerprint density at radius 1 is 1.58 bits per heavy atom. The summed E-state index contributed by atoms with van der Waals surface area (Å²) in [5, 5.41) is 8.39. The number of nitrogens with one attached hydrogen (secondary N) is 2. The maximum atomic E-state index is 11.3. The lowest BCUT2D eigenvalue weighted by molar-refractivity contribution is -0.119. The van der Waals surface area contributed by atoms with E-state index in [-0.39, 0.29) is 5.88 Å². The molecule has 1 aromatic rings. The van der Waals surface area contributed by atoms with Crippen LogP contribution in [-0.2, 0) is 4.79 Å². The Kier molecular flexibility index (Phi) is 3.82. The van der Waals surface area contributed by atoms with Crippen LogP contribution in [0.1, 0.15) is 11.4 Å². The summed E-state index contributed by atoms with van der Waals surface area (Å²) >= 11 is 11.6. The summed E-state index contributed by atoms with van der Waals surface area (Å²) in [6.45, 7) is 3.78. The fourth-order valence-electron chi connectivity index (χ4n) is 1.70. The number of hydrogen-bond acceptors (Lipinski definition) is 4. The number of amides is 1. The van der Waals surface area contributed by atoms with Crippen LogP contribution in [0, 0.1) is 13.8 Å². The molecule has 0 aliphatic carbocycles. The number of carbonyl (C=O) groups excluding carboxylic acids is 1. The van der Waals surface area contributed by atoms with Gasteiger partial charge >= 0.3 is 0 Å². The van der Waals surface area contributed by atoms with Gasteiger partial charge in [0, 0.05) is 11.9 Å². The lowest BCUT2D eigenvalue weighted by Gasteiger charge is -2.25. The van der Waals surface area contributed by atoms with Crippen LogP contribution in [0.25, 0.3) is 0 Å². The highest BCUT2D eigenvalue weighted by atomic mass is 35.5. The summed E-state index contributed by atoms with van der Waals surface area (Å²) in [5.41, 5.74) is 1.77. The van der Waals surface area contributed by atoms with E-state index in [1.165, 1.54) is 6.08 Å². The fourth-order valence-corrected chi connectivity index (χ4v) is 2.02. The van der Waals surface area contributed by atoms with E-state index in [9.17, 15) is 4.79 Å². The van der Waals surface area contributed by atoms with Crippen molar-refractivity contribution >= 4 is 35.1 Å². The predicted octanol–water partition coefficient (Wildman–Crippen LogP) is 1.07. The van der Waals surface area contributed by atoms with Crippen LogP contribution in [0.15, 0.2) is 23.3 Å². The van der Waals surface area contributed by atoms with Gasteiger partial charge in [0.1, 0.15) is 5.88 Å². The van der Waals surface area contributed by atoms with Crippen molar-refractivity contribution in [3.8, 4) is 0 Å². The number of alkyl halides is 2. The Morgan fingerprint density at radius 2 is 2.32 bits per heavy atom. The zero-order valence-corrected chi connectivity index (χ0v) is 12.0. The van der Waals surface area contributed by atoms with E-state index in [1.807, 2.05) is 19.9 Å². The third-order valence-electron chi connectivity index (χ3n) is 2.43. The van der Waals surface area contributed by atoms with Crippen LogP contribution >= 0.6 is 23.2 Å². The van der Waals surface area contributed by atoms with Crippen LogP contribution in [0.4, 0.5) is 0 Å². The third-order valence-corrected chi connectivity index (χ3v) is 2.98. The molecule has 6 nitrogen and oxygen atoms in total. The molecule has 2 rings (SSSR count). The normalized spacial score (nSPS) is 21.8. The Bertz CT molecular complexity index is 565. The van der Waals surface area contributed by atoms with Gasteiger partial charge in [0.2, 0.25) is 17.0 Å². The molecule has 2 N–H and O–H groups in total. The minimum atomic E-state index is -1.35. The number of rotatable bonds is 2. The Morgan fingerprint density at radius 3 is 2.89 bits per heavy atom. The standard InChI is InChI=1S/C11H13Cl2N5O/c1-7-5-8(2)18(17-7)10-14-4-3-11(13,16-10)15-9(19)6-12/h3-5H,6H2,1-2H3,(H,14,16)(H,15,19). The molecular formula is C11H13Cl2N5O. The minimum absolute atomic E-state index is 0.180. The van der Waals surface area contributed by atoms with Crippen molar-refractivity contribution in [1.29, 1.82) is 0 Å². The smallest absolute Gasteiger partial charge is 0.237 e. The number of aliphatic imine (C=N–C) groups is 1. The van der Waals surface area contributed by atoms with Gasteiger partial charge < -0.3 is 10.6 Å². The molecule has 2 heterocycles. The molecule has 1 atom stereocenters. The second kappa shape index (κ2) is 5.22. The van der Waals surface area contributed by atoms with Gasteiger partial charge in [-0.25, -0.2) is 9.67 Å². The van der Waals surface area contributed by atoms with Crippen molar-refractivity contribution in [2.75, 3.05) is 5.88 Å². The van der Waals surface area contributed by atoms with Crippen molar-refractivity contribution in [3.63, 3.8) is 0 Å². The largest absolute Gasteiger partial charge is 0.331 e. The average molecular weight is 302 g/mol. The van der Waals surface area contributed by atoms with Gasteiger partial charge in [0.25, 0.3) is 0 Å². The van der Waals surface area contributed by atoms with E-state index in [2.05, 4.69) is 20.7 Å². The molecule has 0 bridgehead atoms. The number of nitrogens with zero attached hydrogens (tertiary/aromatic N) is 3. The number of aromatic nitrogens is 2. The highest BCUT2D eigenvalue weighted by Gasteiger charge is 2.29. The number of hydrogen-bond donors (Lipinski definition) is 2. The molecule has 0 radical (unpaired) electrons. The first-order valence-corrected chi connectivity index (χ1v) is 6.48. The van der Waals surface area contributed by atoms with E-state index >= 15 is 0 Å². The second-order valence-electron chi connectivity index (χ2n) is 4.11. The third kappa shape index (κ3) is 3.08. The van der Waals surface area contributed by atoms with Gasteiger partial charge in [-0.2, -0.15) is 5.10 Å². The highest BCUT2D eigenvalue weighted by molar-refractivity contribution is 6.30. The molecule has 0 saturated carbocycles. The monoisotopic (exact) mass is 301 g/mol. The van der Waals surface area contributed by atoms with Gasteiger partial charge in [-0.15, -0.1) is 11.6 Å². The molecule has 0 aromatic carbocycles. The summed E-state index contributed by atoms with van der Waals surface area (Å²) in [5.74, 6) is -0.154. The second-order valence-corrected chi connectivity index (χ2v) is 4.95. The first-order chi connectivity index (χ1) is 8.93. The average Bonchev–Trinajstić information content (AvgIpc) is 2.68. The summed E-state index contributed by atoms with van der Waals surface area (Å²) < 4.78 is 1.61. The molecule has 0 spiro atoms. The van der Waals surface area contributed by atoms with Gasteiger partial charge in [-0.3, -0.25) is 4.79 Å². The van der Waals surface area contributed by atoms with Crippen LogP contribution in [0.3, 0.4) is 0 Å². The number of halogens is 2. The van der Waals surface area contributed by atoms with Crippen LogP contribution in [-0.4, -0.2) is 32.6 Å². The molecule has 0 saturated heterocycles. The molecule has 19 heavy (non-hydrogen) atoms. The van der Waals surface area contributed by atoms with Gasteiger partial charge in [-0.05, 0) is 26.0 Å². The van der Waals surface area contributed by atoms with Crippen LogP contribution in [0.2, 0.25) is 0 Å². The summed E-state index contributed by atoms with van der Waals surface area (Å²) in [4.78, 5) is 15.6. The van der Waals surface area contributed by atoms with Crippen LogP contribution in [0.5, 0.6) is 0 Å². The van der Waals surface area contributed by atoms with Gasteiger partial charge in [0.15, 0.2) is 0 Å². The van der Waals surface area contributed by atoms with Crippen molar-refractivity contribution in [2.24, 2.45) is 4.99 Å². The van der Waals surface area contributed by atoms with Gasteiger partial charge in [0.05, 0.1) is 5.69 Å². The number of carbonyl (C=O) groups is 1. The maximum absolute atomic E-state index is 11.3. The van der Waals surface area contributed by atoms with E-state index < -0.39 is 11.0 Å². The molecule has 8 heteroatoms. The zero-order chi connectivity index (χ0) is 14.0. The fraction of sp³-hybridized carbons (Fsp3) is 0.364. The quantitative estimate of drug-likeness (QED) is 0.634. The number of aryl methyl sites for hydroxylation is 2. The highest BCUT2D eigenvalue weighted by Crippen LogP contribution is 2.18. The SMILES string of the molecule is Cc1cc(C)n(C2=NC(Cl)(NC(=O)CCl)C=CN2)n1. The summed E-state index contributed by atoms with van der Waals surface area (Å²) in [6.07, 6.45) is 3.12. The van der Waals surface area contributed by atoms with Crippen molar-refractivity contribution in [2.45, 2.75) is 19.0 Å². The van der Waals surface area contributed by atoms with Crippen molar-refractivity contribution < 1.29 is 4.79 Å². The molecule has 1 unspecified atom stereocenters. The Balaban J connectivity index is 2.30. The minimum Gasteiger partial charge on any atom is -0.331 e. The lowest BCUT2D eigenvalue weighted by atomic mass is 10.4. The molecule has 102 valence electrons. The Labute approximate surface area is 120 Å². The zero-order valence-electron chi connectivity index (χ0n) is 10.4. The lowest BCUT2D eigenvalue weighted by Crippen LogP contribution is -2.46. The first kappa shape index (κ1) is 13.9. The van der Waals surface area contributed by atoms with E-state index in [0.29, 0.717) is 5.96 Å². The van der Waals surface area contributed by atoms with Crippen molar-refractivity contribution in [3.05, 3.63) is 29.7 Å². The predicted molar refractivity (Wildman–Crippen MR) is 74.3 cm³/mol. The summed E-state index contributed by atoms with van der Waals surface area (Å²) in [6, 6.07) is 1.91. The van der Waals surface area contributed by atoms with E-state index in [1.54, 1.807) is 10.9 Å². The Hall–Kier alpha value is -1.53. The van der Waals surface area contributed by atoms with Crippen LogP contribution < -0.4 is 10.6 Å². The molecule has 1 amide bonds. The van der Waals surface area contributed by atoms with Gasteiger partial charge in [-0.1, -0.05) is 11.6 Å². The van der Waals surface area contributed by atoms with Crippen molar-refractivity contribution in [1.82, 2.24) is 20.4 Å². The molecule has 1 aromatic heterocycles. The molecular weight excluding hydrogens is 289 g/mol. The topological polar surface area (TPSA) is 71.3 Å². The first-order valence-electron chi connectivity index (χ1n) is 5.57. The van der Waals surface area contributed by atoms with E-state index in [4.69, 9.17) is 23.2 Å². The molecule has 0 fully saturated rings. The molecule has 1 aliphatic rings.